The van der Waals surface area contributed by atoms with Gasteiger partial charge in [0.15, 0.2) is 0 Å². The fraction of sp³-hybridized carbons (Fsp3) is 0.125. The van der Waals surface area contributed by atoms with E-state index in [1.54, 1.807) is 6.20 Å². The van der Waals surface area contributed by atoms with Gasteiger partial charge in [0.25, 0.3) is 0 Å². The number of nitrogens with zero attached hydrogens (tertiary/aromatic N) is 1. The molecule has 0 spiro atoms. The average molecular weight is 147 g/mol. The number of nitrogens with one attached hydrogen (secondary N) is 2. The second-order valence-electron chi connectivity index (χ2n) is 2.38. The van der Waals surface area contributed by atoms with Crippen LogP contribution in [0.3, 0.4) is 0 Å². The van der Waals surface area contributed by atoms with E-state index in [0.29, 0.717) is 0 Å². The molecule has 1 unspecified atom stereocenters. The van der Waals surface area contributed by atoms with Crippen molar-refractivity contribution in [3.63, 3.8) is 0 Å². The highest BCUT2D eigenvalue weighted by atomic mass is 15.4. The van der Waals surface area contributed by atoms with Crippen molar-refractivity contribution in [3.05, 3.63) is 42.4 Å². The van der Waals surface area contributed by atoms with Crippen LogP contribution in [-0.2, 0) is 0 Å². The zero-order valence-corrected chi connectivity index (χ0v) is 5.99. The Balaban J connectivity index is 2.23. The van der Waals surface area contributed by atoms with E-state index >= 15 is 0 Å². The number of pyridine rings is 1. The minimum Gasteiger partial charge on any atom is -0.328 e. The first kappa shape index (κ1) is 6.37. The van der Waals surface area contributed by atoms with Crippen LogP contribution in [-0.4, -0.2) is 4.98 Å². The number of hydrazine groups is 1. The summed E-state index contributed by atoms with van der Waals surface area (Å²) in [6.07, 6.45) is 5.70. The minimum atomic E-state index is 0.219. The molecule has 2 heterocycles. The minimum absolute atomic E-state index is 0.219. The lowest BCUT2D eigenvalue weighted by Gasteiger charge is -2.06. The van der Waals surface area contributed by atoms with Gasteiger partial charge in [-0.3, -0.25) is 4.98 Å². The molecule has 3 nitrogen and oxygen atoms in total. The predicted octanol–water partition coefficient (Wildman–Crippen LogP) is 0.744. The largest absolute Gasteiger partial charge is 0.328 e. The average Bonchev–Trinajstić information content (AvgIpc) is 2.58. The zero-order chi connectivity index (χ0) is 7.52. The molecule has 0 saturated heterocycles. The maximum absolute atomic E-state index is 4.21. The molecule has 0 aromatic carbocycles. The summed E-state index contributed by atoms with van der Waals surface area (Å²) in [5, 5.41) is 0. The molecule has 1 aromatic rings. The van der Waals surface area contributed by atoms with Crippen molar-refractivity contribution < 1.29 is 0 Å². The van der Waals surface area contributed by atoms with Crippen LogP contribution in [0.25, 0.3) is 0 Å². The second-order valence-corrected chi connectivity index (χ2v) is 2.38. The molecule has 1 aliphatic heterocycles. The number of hydrogen-bond donors (Lipinski definition) is 2. The lowest BCUT2D eigenvalue weighted by atomic mass is 10.2. The monoisotopic (exact) mass is 147 g/mol. The lowest BCUT2D eigenvalue weighted by molar-refractivity contribution is 0.598. The molecule has 1 aromatic heterocycles. The molecule has 11 heavy (non-hydrogen) atoms. The van der Waals surface area contributed by atoms with E-state index in [-0.39, 0.29) is 6.04 Å². The van der Waals surface area contributed by atoms with Gasteiger partial charge in [0, 0.05) is 12.4 Å². The van der Waals surface area contributed by atoms with Crippen LogP contribution >= 0.6 is 0 Å². The van der Waals surface area contributed by atoms with Crippen molar-refractivity contribution in [1.29, 1.82) is 0 Å². The molecule has 2 rings (SSSR count). The molecule has 1 atom stereocenters. The van der Waals surface area contributed by atoms with Crippen molar-refractivity contribution in [2.75, 3.05) is 0 Å². The van der Waals surface area contributed by atoms with Crippen molar-refractivity contribution in [2.45, 2.75) is 6.04 Å². The van der Waals surface area contributed by atoms with E-state index in [4.69, 9.17) is 0 Å². The molecule has 3 heteroatoms. The fourth-order valence-electron chi connectivity index (χ4n) is 1.06. The standard InChI is InChI=1S/C8H9N3/c1-2-5-9-7(3-1)8-4-6-10-11-8/h1-6,8,10-11H. The molecule has 0 radical (unpaired) electrons. The molecule has 1 aliphatic rings. The van der Waals surface area contributed by atoms with E-state index in [1.165, 1.54) is 0 Å². The predicted molar refractivity (Wildman–Crippen MR) is 42.4 cm³/mol. The normalized spacial score (nSPS) is 21.6. The van der Waals surface area contributed by atoms with Crippen molar-refractivity contribution in [3.8, 4) is 0 Å². The number of aromatic nitrogens is 1. The van der Waals surface area contributed by atoms with Gasteiger partial charge in [-0.15, -0.1) is 0 Å². The zero-order valence-electron chi connectivity index (χ0n) is 5.99. The highest BCUT2D eigenvalue weighted by molar-refractivity contribution is 5.16. The maximum Gasteiger partial charge on any atom is 0.0879 e. The van der Waals surface area contributed by atoms with Crippen LogP contribution in [0.4, 0.5) is 0 Å². The first-order chi connectivity index (χ1) is 5.47. The second kappa shape index (κ2) is 2.72. The quantitative estimate of drug-likeness (QED) is 0.615. The first-order valence-corrected chi connectivity index (χ1v) is 3.55. The summed E-state index contributed by atoms with van der Waals surface area (Å²) >= 11 is 0. The van der Waals surface area contributed by atoms with Gasteiger partial charge in [-0.25, -0.2) is 5.43 Å². The first-order valence-electron chi connectivity index (χ1n) is 3.55. The van der Waals surface area contributed by atoms with E-state index in [1.807, 2.05) is 30.5 Å². The molecular weight excluding hydrogens is 138 g/mol. The summed E-state index contributed by atoms with van der Waals surface area (Å²) in [5.74, 6) is 0. The Hall–Kier alpha value is -1.35. The Morgan fingerprint density at radius 3 is 3.00 bits per heavy atom. The van der Waals surface area contributed by atoms with Gasteiger partial charge in [-0.1, -0.05) is 6.07 Å². The Morgan fingerprint density at radius 1 is 1.36 bits per heavy atom. The van der Waals surface area contributed by atoms with Crippen LogP contribution in [0, 0.1) is 0 Å². The van der Waals surface area contributed by atoms with Crippen molar-refractivity contribution in [1.82, 2.24) is 15.8 Å². The summed E-state index contributed by atoms with van der Waals surface area (Å²) in [6, 6.07) is 6.11. The molecule has 0 aliphatic carbocycles. The SMILES string of the molecule is C1=CC(c2ccccn2)NN1. The third-order valence-electron chi connectivity index (χ3n) is 1.62. The van der Waals surface area contributed by atoms with Crippen molar-refractivity contribution >= 4 is 0 Å². The number of hydrogen-bond acceptors (Lipinski definition) is 3. The molecule has 56 valence electrons. The van der Waals surface area contributed by atoms with Gasteiger partial charge >= 0.3 is 0 Å². The topological polar surface area (TPSA) is 37.0 Å². The summed E-state index contributed by atoms with van der Waals surface area (Å²) in [5.41, 5.74) is 6.99. The van der Waals surface area contributed by atoms with Crippen LogP contribution in [0.1, 0.15) is 11.7 Å². The lowest BCUT2D eigenvalue weighted by Crippen LogP contribution is -2.24. The van der Waals surface area contributed by atoms with Crippen molar-refractivity contribution in [2.24, 2.45) is 0 Å². The Labute approximate surface area is 65.1 Å². The van der Waals surface area contributed by atoms with Gasteiger partial charge < -0.3 is 5.43 Å². The van der Waals surface area contributed by atoms with E-state index in [9.17, 15) is 0 Å². The van der Waals surface area contributed by atoms with Crippen LogP contribution < -0.4 is 10.9 Å². The van der Waals surface area contributed by atoms with Gasteiger partial charge in [0.2, 0.25) is 0 Å². The molecule has 0 saturated carbocycles. The van der Waals surface area contributed by atoms with E-state index < -0.39 is 0 Å². The van der Waals surface area contributed by atoms with Crippen LogP contribution in [0.15, 0.2) is 36.7 Å². The highest BCUT2D eigenvalue weighted by Crippen LogP contribution is 2.11. The Bertz CT molecular complexity index is 255. The highest BCUT2D eigenvalue weighted by Gasteiger charge is 2.10. The molecule has 2 N–H and O–H groups in total. The number of rotatable bonds is 1. The molecule has 0 fully saturated rings. The maximum atomic E-state index is 4.21. The van der Waals surface area contributed by atoms with Gasteiger partial charge in [-0.2, -0.15) is 0 Å². The molecule has 0 bridgehead atoms. The fourth-order valence-corrected chi connectivity index (χ4v) is 1.06. The van der Waals surface area contributed by atoms with Gasteiger partial charge in [0.1, 0.15) is 0 Å². The van der Waals surface area contributed by atoms with Crippen LogP contribution in [0.2, 0.25) is 0 Å². The van der Waals surface area contributed by atoms with E-state index in [2.05, 4.69) is 15.8 Å². The molecule has 0 amide bonds. The summed E-state index contributed by atoms with van der Waals surface area (Å²) in [6.45, 7) is 0. The summed E-state index contributed by atoms with van der Waals surface area (Å²) in [4.78, 5) is 4.21. The summed E-state index contributed by atoms with van der Waals surface area (Å²) in [7, 11) is 0. The third-order valence-corrected chi connectivity index (χ3v) is 1.62. The third kappa shape index (κ3) is 1.23. The van der Waals surface area contributed by atoms with Crippen LogP contribution in [0.5, 0.6) is 0 Å². The smallest absolute Gasteiger partial charge is 0.0879 e. The Kier molecular flexibility index (Phi) is 1.57. The van der Waals surface area contributed by atoms with Gasteiger partial charge in [-0.05, 0) is 18.2 Å². The Morgan fingerprint density at radius 2 is 2.36 bits per heavy atom. The molecular formula is C8H9N3. The van der Waals surface area contributed by atoms with E-state index in [0.717, 1.165) is 5.69 Å². The van der Waals surface area contributed by atoms with Gasteiger partial charge in [0.05, 0.1) is 11.7 Å². The summed E-state index contributed by atoms with van der Waals surface area (Å²) < 4.78 is 0.